The SMILES string of the molecule is CCCCCCCCCOC(=O)CCCCCN(CCCCCCCC(=O)OC(CCCC)CCCCC)CCCNC(=O)COC.[HH]. The number of nitrogens with zero attached hydrogens (tertiary/aromatic N) is 1. The van der Waals surface area contributed by atoms with Crippen molar-refractivity contribution in [1.29, 1.82) is 0 Å². The molecule has 1 amide bonds. The predicted octanol–water partition coefficient (Wildman–Crippen LogP) is 9.56. The molecule has 0 aromatic rings. The molecule has 0 saturated heterocycles. The summed E-state index contributed by atoms with van der Waals surface area (Å²) in [6.07, 6.45) is 26.7. The maximum Gasteiger partial charge on any atom is 0.306 e. The Hall–Kier alpha value is -1.67. The highest BCUT2D eigenvalue weighted by Crippen LogP contribution is 2.16. The number of esters is 2. The van der Waals surface area contributed by atoms with Crippen LogP contribution in [0.25, 0.3) is 0 Å². The Bertz CT molecular complexity index is 727. The quantitative estimate of drug-likeness (QED) is 0.0524. The second-order valence-electron chi connectivity index (χ2n) is 13.4. The minimum absolute atomic E-state index is 0. The Morgan fingerprint density at radius 2 is 1.11 bits per heavy atom. The average molecular weight is 671 g/mol. The van der Waals surface area contributed by atoms with Crippen molar-refractivity contribution >= 4 is 17.8 Å². The molecule has 0 fully saturated rings. The van der Waals surface area contributed by atoms with Crippen LogP contribution < -0.4 is 5.32 Å². The number of methoxy groups -OCH3 is 1. The van der Waals surface area contributed by atoms with Crippen LogP contribution in [0.5, 0.6) is 0 Å². The summed E-state index contributed by atoms with van der Waals surface area (Å²) in [5, 5.41) is 2.92. The Morgan fingerprint density at radius 3 is 1.77 bits per heavy atom. The van der Waals surface area contributed by atoms with E-state index in [1.807, 2.05) is 0 Å². The van der Waals surface area contributed by atoms with Crippen LogP contribution in [0.15, 0.2) is 0 Å². The van der Waals surface area contributed by atoms with Crippen molar-refractivity contribution in [2.75, 3.05) is 46.5 Å². The van der Waals surface area contributed by atoms with Gasteiger partial charge < -0.3 is 24.4 Å². The number of hydrogen-bond acceptors (Lipinski definition) is 7. The lowest BCUT2D eigenvalue weighted by molar-refractivity contribution is -0.150. The summed E-state index contributed by atoms with van der Waals surface area (Å²) in [5.74, 6) is -0.154. The van der Waals surface area contributed by atoms with Gasteiger partial charge in [0.1, 0.15) is 12.7 Å². The molecule has 0 rings (SSSR count). The van der Waals surface area contributed by atoms with Crippen LogP contribution in [-0.2, 0) is 28.6 Å². The molecule has 0 spiro atoms. The zero-order valence-corrected chi connectivity index (χ0v) is 31.4. The molecule has 0 saturated carbocycles. The van der Waals surface area contributed by atoms with Crippen molar-refractivity contribution < 1.29 is 30.0 Å². The monoisotopic (exact) mass is 671 g/mol. The first kappa shape index (κ1) is 45.3. The van der Waals surface area contributed by atoms with E-state index in [9.17, 15) is 14.4 Å². The number of carbonyl (C=O) groups is 3. The number of unbranched alkanes of at least 4 members (excludes halogenated alkanes) is 15. The summed E-state index contributed by atoms with van der Waals surface area (Å²) < 4.78 is 16.2. The van der Waals surface area contributed by atoms with E-state index < -0.39 is 0 Å². The number of amides is 1. The van der Waals surface area contributed by atoms with Crippen LogP contribution in [0.4, 0.5) is 0 Å². The van der Waals surface area contributed by atoms with Crippen LogP contribution in [0, 0.1) is 0 Å². The minimum atomic E-state index is -0.0743. The van der Waals surface area contributed by atoms with Gasteiger partial charge >= 0.3 is 11.9 Å². The van der Waals surface area contributed by atoms with Crippen molar-refractivity contribution in [3.63, 3.8) is 0 Å². The highest BCUT2D eigenvalue weighted by molar-refractivity contribution is 5.77. The number of rotatable bonds is 36. The fraction of sp³-hybridized carbons (Fsp3) is 0.923. The third-order valence-electron chi connectivity index (χ3n) is 8.78. The molecule has 0 heterocycles. The van der Waals surface area contributed by atoms with Crippen LogP contribution in [0.3, 0.4) is 0 Å². The highest BCUT2D eigenvalue weighted by Gasteiger charge is 2.14. The molecular weight excluding hydrogens is 592 g/mol. The molecule has 0 aromatic heterocycles. The first-order chi connectivity index (χ1) is 23.0. The zero-order chi connectivity index (χ0) is 34.6. The van der Waals surface area contributed by atoms with Gasteiger partial charge in [-0.2, -0.15) is 0 Å². The van der Waals surface area contributed by atoms with Crippen molar-refractivity contribution in [1.82, 2.24) is 10.2 Å². The summed E-state index contributed by atoms with van der Waals surface area (Å²) in [6.45, 7) is 10.9. The van der Waals surface area contributed by atoms with Crippen molar-refractivity contribution in [2.45, 2.75) is 187 Å². The molecule has 47 heavy (non-hydrogen) atoms. The Labute approximate surface area is 291 Å². The molecule has 1 unspecified atom stereocenters. The van der Waals surface area contributed by atoms with Crippen LogP contribution >= 0.6 is 0 Å². The van der Waals surface area contributed by atoms with E-state index in [0.717, 1.165) is 122 Å². The molecule has 0 aromatic carbocycles. The van der Waals surface area contributed by atoms with Crippen molar-refractivity contribution in [3.8, 4) is 0 Å². The molecule has 1 atom stereocenters. The molecule has 280 valence electrons. The first-order valence-corrected chi connectivity index (χ1v) is 19.8. The minimum Gasteiger partial charge on any atom is -0.466 e. The van der Waals surface area contributed by atoms with Gasteiger partial charge in [0.2, 0.25) is 5.91 Å². The largest absolute Gasteiger partial charge is 0.466 e. The number of hydrogen-bond donors (Lipinski definition) is 1. The molecule has 1 N–H and O–H groups in total. The fourth-order valence-electron chi connectivity index (χ4n) is 5.84. The Morgan fingerprint density at radius 1 is 0.596 bits per heavy atom. The van der Waals surface area contributed by atoms with Gasteiger partial charge in [0.25, 0.3) is 0 Å². The molecule has 0 radical (unpaired) electrons. The molecule has 8 heteroatoms. The zero-order valence-electron chi connectivity index (χ0n) is 31.4. The lowest BCUT2D eigenvalue weighted by atomic mass is 10.1. The number of ether oxygens (including phenoxy) is 3. The third kappa shape index (κ3) is 32.6. The fourth-order valence-corrected chi connectivity index (χ4v) is 5.84. The van der Waals surface area contributed by atoms with E-state index in [2.05, 4.69) is 31.0 Å². The van der Waals surface area contributed by atoms with Crippen LogP contribution in [0.1, 0.15) is 183 Å². The van der Waals surface area contributed by atoms with Crippen molar-refractivity contribution in [3.05, 3.63) is 0 Å². The molecule has 8 nitrogen and oxygen atoms in total. The van der Waals surface area contributed by atoms with Gasteiger partial charge in [-0.3, -0.25) is 14.4 Å². The van der Waals surface area contributed by atoms with E-state index in [4.69, 9.17) is 14.2 Å². The second-order valence-corrected chi connectivity index (χ2v) is 13.4. The second kappa shape index (κ2) is 35.6. The topological polar surface area (TPSA) is 94.2 Å². The summed E-state index contributed by atoms with van der Waals surface area (Å²) in [7, 11) is 1.53. The predicted molar refractivity (Wildman–Crippen MR) is 197 cm³/mol. The van der Waals surface area contributed by atoms with Gasteiger partial charge in [-0.1, -0.05) is 111 Å². The summed E-state index contributed by atoms with van der Waals surface area (Å²) in [5.41, 5.74) is 0. The lowest BCUT2D eigenvalue weighted by Gasteiger charge is -2.22. The number of nitrogens with one attached hydrogen (secondary N) is 1. The van der Waals surface area contributed by atoms with Gasteiger partial charge in [0, 0.05) is 27.9 Å². The maximum absolute atomic E-state index is 12.4. The van der Waals surface area contributed by atoms with Crippen LogP contribution in [-0.4, -0.2) is 75.4 Å². The van der Waals surface area contributed by atoms with Crippen LogP contribution in [0.2, 0.25) is 0 Å². The summed E-state index contributed by atoms with van der Waals surface area (Å²) in [4.78, 5) is 38.7. The van der Waals surface area contributed by atoms with Gasteiger partial charge in [0.15, 0.2) is 0 Å². The Kier molecular flexibility index (Phi) is 34.4. The molecule has 0 aliphatic rings. The average Bonchev–Trinajstić information content (AvgIpc) is 3.05. The number of carbonyl (C=O) groups excluding carboxylic acids is 3. The summed E-state index contributed by atoms with van der Waals surface area (Å²) in [6, 6.07) is 0. The van der Waals surface area contributed by atoms with Gasteiger partial charge in [0.05, 0.1) is 6.61 Å². The van der Waals surface area contributed by atoms with Gasteiger partial charge in [-0.05, 0) is 77.4 Å². The molecule has 0 bridgehead atoms. The summed E-state index contributed by atoms with van der Waals surface area (Å²) >= 11 is 0. The van der Waals surface area contributed by atoms with Gasteiger partial charge in [-0.15, -0.1) is 0 Å². The normalized spacial score (nSPS) is 11.9. The Balaban J connectivity index is 0. The van der Waals surface area contributed by atoms with Crippen molar-refractivity contribution in [2.24, 2.45) is 0 Å². The van der Waals surface area contributed by atoms with E-state index in [1.165, 1.54) is 52.1 Å². The van der Waals surface area contributed by atoms with E-state index in [-0.39, 0.29) is 32.0 Å². The smallest absolute Gasteiger partial charge is 0.306 e. The molecular formula is C39H78N2O6. The highest BCUT2D eigenvalue weighted by atomic mass is 16.5. The van der Waals surface area contributed by atoms with E-state index in [1.54, 1.807) is 0 Å². The maximum atomic E-state index is 12.4. The van der Waals surface area contributed by atoms with Gasteiger partial charge in [-0.25, -0.2) is 0 Å². The third-order valence-corrected chi connectivity index (χ3v) is 8.78. The standard InChI is InChI=1S/C39H76N2O6.H2/c1-5-8-11-12-13-17-24-34-46-38(43)28-21-18-23-32-41(33-25-30-40-37(42)35-45-4)31-22-16-14-15-20-29-39(44)47-36(26-10-7-3)27-19-9-6-2;/h36H,5-35H2,1-4H3,(H,40,42);1H. The lowest BCUT2D eigenvalue weighted by Crippen LogP contribution is -2.32. The molecule has 0 aliphatic carbocycles. The van der Waals surface area contributed by atoms with E-state index in [0.29, 0.717) is 26.0 Å². The van der Waals surface area contributed by atoms with E-state index >= 15 is 0 Å². The molecule has 0 aliphatic heterocycles. The first-order valence-electron chi connectivity index (χ1n) is 19.8.